The zero-order chi connectivity index (χ0) is 14.3. The van der Waals surface area contributed by atoms with E-state index in [1.165, 1.54) is 0 Å². The molecule has 1 aromatic carbocycles. The van der Waals surface area contributed by atoms with Gasteiger partial charge in [0.25, 0.3) is 0 Å². The van der Waals surface area contributed by atoms with Gasteiger partial charge in [0, 0.05) is 6.04 Å². The highest BCUT2D eigenvalue weighted by Crippen LogP contribution is 2.15. The Kier molecular flexibility index (Phi) is 6.11. The molecule has 0 amide bonds. The summed E-state index contributed by atoms with van der Waals surface area (Å²) in [6.07, 6.45) is -3.03. The van der Waals surface area contributed by atoms with Crippen LogP contribution in [-0.4, -0.2) is 32.5 Å². The lowest BCUT2D eigenvalue weighted by Gasteiger charge is -2.13. The van der Waals surface area contributed by atoms with Crippen molar-refractivity contribution in [3.8, 4) is 5.75 Å². The maximum absolute atomic E-state index is 11.9. The van der Waals surface area contributed by atoms with E-state index in [4.69, 9.17) is 10.5 Å². The normalized spacial score (nSPS) is 13.3. The molecule has 1 unspecified atom stereocenters. The molecule has 0 aliphatic rings. The molecule has 1 rings (SSSR count). The van der Waals surface area contributed by atoms with E-state index in [9.17, 15) is 13.2 Å². The average molecular weight is 277 g/mol. The van der Waals surface area contributed by atoms with Crippen molar-refractivity contribution in [3.63, 3.8) is 0 Å². The molecule has 19 heavy (non-hydrogen) atoms. The van der Waals surface area contributed by atoms with E-state index >= 15 is 0 Å². The number of halogens is 3. The minimum atomic E-state index is -4.30. The number of nitrogens with two attached hydrogens (primary N) is 1. The molecular formula is C13H18F3NO2. The van der Waals surface area contributed by atoms with Gasteiger partial charge in [-0.25, -0.2) is 0 Å². The van der Waals surface area contributed by atoms with Crippen LogP contribution in [0.2, 0.25) is 0 Å². The van der Waals surface area contributed by atoms with Crippen LogP contribution < -0.4 is 10.5 Å². The largest absolute Gasteiger partial charge is 0.497 e. The van der Waals surface area contributed by atoms with Gasteiger partial charge in [-0.2, -0.15) is 13.2 Å². The third-order valence-electron chi connectivity index (χ3n) is 2.56. The monoisotopic (exact) mass is 277 g/mol. The van der Waals surface area contributed by atoms with Crippen molar-refractivity contribution in [1.82, 2.24) is 0 Å². The third-order valence-corrected chi connectivity index (χ3v) is 2.56. The molecule has 0 spiro atoms. The van der Waals surface area contributed by atoms with Crippen molar-refractivity contribution in [1.29, 1.82) is 0 Å². The lowest BCUT2D eigenvalue weighted by atomic mass is 10.1. The van der Waals surface area contributed by atoms with Gasteiger partial charge in [-0.1, -0.05) is 12.1 Å². The van der Waals surface area contributed by atoms with E-state index in [-0.39, 0.29) is 6.61 Å². The van der Waals surface area contributed by atoms with Gasteiger partial charge in [0.1, 0.15) is 12.4 Å². The van der Waals surface area contributed by atoms with Gasteiger partial charge in [-0.05, 0) is 30.5 Å². The van der Waals surface area contributed by atoms with Crippen LogP contribution in [0.3, 0.4) is 0 Å². The van der Waals surface area contributed by atoms with Gasteiger partial charge in [-0.3, -0.25) is 0 Å². The Labute approximate surface area is 110 Å². The van der Waals surface area contributed by atoms with Gasteiger partial charge in [0.15, 0.2) is 0 Å². The third kappa shape index (κ3) is 7.03. The predicted octanol–water partition coefficient (Wildman–Crippen LogP) is 2.53. The molecule has 0 aliphatic heterocycles. The maximum atomic E-state index is 11.9. The van der Waals surface area contributed by atoms with Crippen LogP contribution in [0.25, 0.3) is 0 Å². The molecule has 0 fully saturated rings. The molecule has 0 aromatic heterocycles. The van der Waals surface area contributed by atoms with Crippen molar-refractivity contribution in [2.24, 2.45) is 5.73 Å². The molecule has 0 saturated carbocycles. The molecule has 2 N–H and O–H groups in total. The lowest BCUT2D eigenvalue weighted by Crippen LogP contribution is -2.29. The summed E-state index contributed by atoms with van der Waals surface area (Å²) in [5.41, 5.74) is 6.75. The highest BCUT2D eigenvalue weighted by atomic mass is 19.4. The first-order chi connectivity index (χ1) is 8.90. The van der Waals surface area contributed by atoms with E-state index in [1.54, 1.807) is 7.11 Å². The summed E-state index contributed by atoms with van der Waals surface area (Å²) in [6, 6.07) is 7.08. The summed E-state index contributed by atoms with van der Waals surface area (Å²) in [6.45, 7) is -1.33. The first-order valence-electron chi connectivity index (χ1n) is 5.93. The van der Waals surface area contributed by atoms with Gasteiger partial charge < -0.3 is 15.2 Å². The molecule has 108 valence electrons. The van der Waals surface area contributed by atoms with Crippen molar-refractivity contribution in [2.45, 2.75) is 25.1 Å². The van der Waals surface area contributed by atoms with Gasteiger partial charge in [0.05, 0.1) is 13.7 Å². The van der Waals surface area contributed by atoms with Crippen LogP contribution in [0.4, 0.5) is 13.2 Å². The van der Waals surface area contributed by atoms with Crippen LogP contribution in [0, 0.1) is 0 Å². The van der Waals surface area contributed by atoms with Gasteiger partial charge in [0.2, 0.25) is 0 Å². The number of alkyl halides is 3. The highest BCUT2D eigenvalue weighted by Gasteiger charge is 2.27. The number of methoxy groups -OCH3 is 1. The molecule has 1 atom stereocenters. The SMILES string of the molecule is COc1ccc(CCC(N)COCC(F)(F)F)cc1. The smallest absolute Gasteiger partial charge is 0.411 e. The summed E-state index contributed by atoms with van der Waals surface area (Å²) in [7, 11) is 1.59. The van der Waals surface area contributed by atoms with Gasteiger partial charge in [-0.15, -0.1) is 0 Å². The fraction of sp³-hybridized carbons (Fsp3) is 0.538. The first-order valence-corrected chi connectivity index (χ1v) is 5.93. The molecule has 0 radical (unpaired) electrons. The van der Waals surface area contributed by atoms with Crippen LogP contribution in [0.15, 0.2) is 24.3 Å². The summed E-state index contributed by atoms with van der Waals surface area (Å²) in [5, 5.41) is 0. The van der Waals surface area contributed by atoms with Crippen molar-refractivity contribution >= 4 is 0 Å². The molecule has 0 saturated heterocycles. The quantitative estimate of drug-likeness (QED) is 0.833. The van der Waals surface area contributed by atoms with E-state index < -0.39 is 18.8 Å². The number of hydrogen-bond donors (Lipinski definition) is 1. The van der Waals surface area contributed by atoms with Crippen LogP contribution >= 0.6 is 0 Å². The second-order valence-corrected chi connectivity index (χ2v) is 4.28. The average Bonchev–Trinajstić information content (AvgIpc) is 2.35. The molecule has 3 nitrogen and oxygen atoms in total. The predicted molar refractivity (Wildman–Crippen MR) is 66.2 cm³/mol. The fourth-order valence-corrected chi connectivity index (χ4v) is 1.55. The van der Waals surface area contributed by atoms with Crippen LogP contribution in [0.5, 0.6) is 5.75 Å². The Balaban J connectivity index is 2.23. The maximum Gasteiger partial charge on any atom is 0.411 e. The summed E-state index contributed by atoms with van der Waals surface area (Å²) >= 11 is 0. The Morgan fingerprint density at radius 2 is 1.84 bits per heavy atom. The fourth-order valence-electron chi connectivity index (χ4n) is 1.55. The molecule has 0 bridgehead atoms. The van der Waals surface area contributed by atoms with E-state index in [2.05, 4.69) is 4.74 Å². The zero-order valence-electron chi connectivity index (χ0n) is 10.7. The van der Waals surface area contributed by atoms with Crippen molar-refractivity contribution in [2.75, 3.05) is 20.3 Å². The summed E-state index contributed by atoms with van der Waals surface area (Å²) < 4.78 is 45.1. The standard InChI is InChI=1S/C13H18F3NO2/c1-18-12-6-3-10(4-7-12)2-5-11(17)8-19-9-13(14,15)16/h3-4,6-7,11H,2,5,8-9,17H2,1H3. The Morgan fingerprint density at radius 1 is 1.21 bits per heavy atom. The van der Waals surface area contributed by atoms with Crippen molar-refractivity contribution in [3.05, 3.63) is 29.8 Å². The minimum absolute atomic E-state index is 0.0876. The van der Waals surface area contributed by atoms with E-state index in [1.807, 2.05) is 24.3 Å². The Hall–Kier alpha value is -1.27. The topological polar surface area (TPSA) is 44.5 Å². The molecule has 6 heteroatoms. The highest BCUT2D eigenvalue weighted by molar-refractivity contribution is 5.27. The Morgan fingerprint density at radius 3 is 2.37 bits per heavy atom. The van der Waals surface area contributed by atoms with Gasteiger partial charge >= 0.3 is 6.18 Å². The lowest BCUT2D eigenvalue weighted by molar-refractivity contribution is -0.174. The summed E-state index contributed by atoms with van der Waals surface area (Å²) in [4.78, 5) is 0. The first kappa shape index (κ1) is 15.8. The summed E-state index contributed by atoms with van der Waals surface area (Å²) in [5.74, 6) is 0.765. The molecule has 0 heterocycles. The van der Waals surface area contributed by atoms with E-state index in [0.717, 1.165) is 11.3 Å². The second-order valence-electron chi connectivity index (χ2n) is 4.28. The number of ether oxygens (including phenoxy) is 2. The van der Waals surface area contributed by atoms with E-state index in [0.29, 0.717) is 12.8 Å². The minimum Gasteiger partial charge on any atom is -0.497 e. The van der Waals surface area contributed by atoms with Crippen molar-refractivity contribution < 1.29 is 22.6 Å². The van der Waals surface area contributed by atoms with Crippen LogP contribution in [-0.2, 0) is 11.2 Å². The Bertz CT molecular complexity index is 365. The van der Waals surface area contributed by atoms with Crippen LogP contribution in [0.1, 0.15) is 12.0 Å². The zero-order valence-corrected chi connectivity index (χ0v) is 10.7. The second kappa shape index (κ2) is 7.35. The molecular weight excluding hydrogens is 259 g/mol. The molecule has 1 aromatic rings. The number of hydrogen-bond acceptors (Lipinski definition) is 3. The number of benzene rings is 1. The number of rotatable bonds is 7. The molecule has 0 aliphatic carbocycles. The number of aryl methyl sites for hydroxylation is 1.